The van der Waals surface area contributed by atoms with Crippen LogP contribution in [0.25, 0.3) is 0 Å². The molecule has 0 radical (unpaired) electrons. The molecule has 3 rings (SSSR count). The van der Waals surface area contributed by atoms with Crippen molar-refractivity contribution in [2.45, 2.75) is 29.9 Å². The van der Waals surface area contributed by atoms with E-state index in [4.69, 9.17) is 9.47 Å². The first-order valence-corrected chi connectivity index (χ1v) is 10.3. The molecule has 6 nitrogen and oxygen atoms in total. The highest BCUT2D eigenvalue weighted by Gasteiger charge is 2.39. The van der Waals surface area contributed by atoms with Crippen molar-refractivity contribution in [3.8, 4) is 11.5 Å². The number of ether oxygens (including phenoxy) is 2. The molecule has 0 aromatic heterocycles. The van der Waals surface area contributed by atoms with Gasteiger partial charge in [-0.3, -0.25) is 4.79 Å². The zero-order valence-corrected chi connectivity index (χ0v) is 16.5. The molecule has 0 bridgehead atoms. The predicted molar refractivity (Wildman–Crippen MR) is 103 cm³/mol. The summed E-state index contributed by atoms with van der Waals surface area (Å²) >= 11 is 0. The van der Waals surface area contributed by atoms with E-state index >= 15 is 0 Å². The predicted octanol–water partition coefficient (Wildman–Crippen LogP) is 3.37. The van der Waals surface area contributed by atoms with Gasteiger partial charge < -0.3 is 14.4 Å². The molecular weight excluding hydrogens is 366 g/mol. The van der Waals surface area contributed by atoms with Crippen LogP contribution in [0.4, 0.5) is 5.69 Å². The number of carbonyl (C=O) groups excluding carboxylic acids is 1. The molecule has 0 N–H and O–H groups in total. The van der Waals surface area contributed by atoms with E-state index in [-0.39, 0.29) is 17.2 Å². The lowest BCUT2D eigenvalue weighted by Gasteiger charge is -2.21. The van der Waals surface area contributed by atoms with Gasteiger partial charge in [0.2, 0.25) is 5.91 Å². The quantitative estimate of drug-likeness (QED) is 0.784. The van der Waals surface area contributed by atoms with Crippen molar-refractivity contribution in [2.75, 3.05) is 25.7 Å². The average Bonchev–Trinajstić information content (AvgIpc) is 2.76. The fraction of sp³-hybridized carbons (Fsp3) is 0.350. The molecule has 0 unspecified atom stereocenters. The van der Waals surface area contributed by atoms with Crippen molar-refractivity contribution in [2.24, 2.45) is 0 Å². The van der Waals surface area contributed by atoms with Crippen LogP contribution in [0, 0.1) is 0 Å². The van der Waals surface area contributed by atoms with Crippen LogP contribution in [0.3, 0.4) is 0 Å². The molecule has 0 fully saturated rings. The topological polar surface area (TPSA) is 72.9 Å². The summed E-state index contributed by atoms with van der Waals surface area (Å²) in [7, 11) is -0.751. The maximum Gasteiger partial charge on any atom is 0.228 e. The van der Waals surface area contributed by atoms with Gasteiger partial charge in [-0.25, -0.2) is 8.42 Å². The highest BCUT2D eigenvalue weighted by atomic mass is 32.2. The Morgan fingerprint density at radius 3 is 2.44 bits per heavy atom. The lowest BCUT2D eigenvalue weighted by Crippen LogP contribution is -2.31. The third-order valence-electron chi connectivity index (χ3n) is 4.72. The number of anilines is 1. The lowest BCUT2D eigenvalue weighted by molar-refractivity contribution is -0.118. The van der Waals surface area contributed by atoms with Crippen LogP contribution >= 0.6 is 0 Å². The van der Waals surface area contributed by atoms with E-state index in [2.05, 4.69) is 0 Å². The van der Waals surface area contributed by atoms with Gasteiger partial charge in [0.05, 0.1) is 30.1 Å². The maximum absolute atomic E-state index is 13.4. The Hall–Kier alpha value is -2.54. The molecule has 0 spiro atoms. The number of para-hydroxylation sites is 1. The molecule has 1 heterocycles. The second-order valence-electron chi connectivity index (χ2n) is 6.37. The van der Waals surface area contributed by atoms with Crippen LogP contribution in [-0.2, 0) is 14.6 Å². The Kier molecular flexibility index (Phi) is 5.41. The number of nitrogens with zero attached hydrogens (tertiary/aromatic N) is 1. The molecule has 1 amide bonds. The summed E-state index contributed by atoms with van der Waals surface area (Å²) in [5, 5.41) is -0.979. The summed E-state index contributed by atoms with van der Waals surface area (Å²) in [5.41, 5.74) is 0.960. The van der Waals surface area contributed by atoms with Gasteiger partial charge in [0.1, 0.15) is 0 Å². The van der Waals surface area contributed by atoms with E-state index in [0.717, 1.165) is 6.42 Å². The second-order valence-corrected chi connectivity index (χ2v) is 8.46. The molecule has 27 heavy (non-hydrogen) atoms. The third-order valence-corrected chi connectivity index (χ3v) is 6.87. The van der Waals surface area contributed by atoms with Crippen molar-refractivity contribution in [3.05, 3.63) is 48.0 Å². The fourth-order valence-electron chi connectivity index (χ4n) is 3.41. The van der Waals surface area contributed by atoms with Crippen molar-refractivity contribution in [1.29, 1.82) is 0 Å². The van der Waals surface area contributed by atoms with Crippen LogP contribution in [0.2, 0.25) is 0 Å². The Labute approximate surface area is 159 Å². The molecule has 0 aliphatic carbocycles. The first-order valence-electron chi connectivity index (χ1n) is 8.79. The highest BCUT2D eigenvalue weighted by molar-refractivity contribution is 7.92. The molecule has 7 heteroatoms. The summed E-state index contributed by atoms with van der Waals surface area (Å²) in [6.45, 7) is 2.44. The summed E-state index contributed by atoms with van der Waals surface area (Å²) < 4.78 is 37.4. The van der Waals surface area contributed by atoms with E-state index in [0.29, 0.717) is 29.3 Å². The van der Waals surface area contributed by atoms with Crippen LogP contribution < -0.4 is 14.4 Å². The number of benzene rings is 2. The van der Waals surface area contributed by atoms with E-state index in [1.807, 2.05) is 6.92 Å². The zero-order chi connectivity index (χ0) is 19.6. The van der Waals surface area contributed by atoms with Gasteiger partial charge in [-0.1, -0.05) is 25.1 Å². The van der Waals surface area contributed by atoms with Crippen molar-refractivity contribution >= 4 is 21.4 Å². The van der Waals surface area contributed by atoms with E-state index in [1.165, 1.54) is 14.2 Å². The summed E-state index contributed by atoms with van der Waals surface area (Å²) in [6.07, 6.45) is 0.619. The van der Waals surface area contributed by atoms with E-state index in [1.54, 1.807) is 47.4 Å². The van der Waals surface area contributed by atoms with Crippen LogP contribution in [0.1, 0.15) is 30.6 Å². The van der Waals surface area contributed by atoms with E-state index < -0.39 is 15.1 Å². The maximum atomic E-state index is 13.4. The first kappa shape index (κ1) is 19.2. The summed E-state index contributed by atoms with van der Waals surface area (Å²) in [4.78, 5) is 14.7. The molecule has 0 saturated carbocycles. The third kappa shape index (κ3) is 3.39. The molecule has 1 atom stereocenters. The van der Waals surface area contributed by atoms with Crippen molar-refractivity contribution in [3.63, 3.8) is 0 Å². The number of sulfone groups is 1. The minimum absolute atomic E-state index is 0.119. The largest absolute Gasteiger partial charge is 0.493 e. The van der Waals surface area contributed by atoms with Gasteiger partial charge in [-0.05, 0) is 36.2 Å². The Balaban J connectivity index is 2.17. The average molecular weight is 389 g/mol. The Morgan fingerprint density at radius 2 is 1.78 bits per heavy atom. The monoisotopic (exact) mass is 389 g/mol. The zero-order valence-electron chi connectivity index (χ0n) is 15.6. The summed E-state index contributed by atoms with van der Waals surface area (Å²) in [6, 6.07) is 11.7. The Bertz CT molecular complexity index is 955. The van der Waals surface area contributed by atoms with Gasteiger partial charge in [-0.15, -0.1) is 0 Å². The minimum Gasteiger partial charge on any atom is -0.493 e. The molecule has 2 aromatic carbocycles. The molecule has 144 valence electrons. The van der Waals surface area contributed by atoms with Crippen molar-refractivity contribution < 1.29 is 22.7 Å². The number of methoxy groups -OCH3 is 2. The van der Waals surface area contributed by atoms with E-state index in [9.17, 15) is 13.2 Å². The van der Waals surface area contributed by atoms with Gasteiger partial charge in [0.15, 0.2) is 21.3 Å². The van der Waals surface area contributed by atoms with Crippen LogP contribution in [0.5, 0.6) is 11.5 Å². The Morgan fingerprint density at radius 1 is 1.07 bits per heavy atom. The fourth-order valence-corrected chi connectivity index (χ4v) is 5.32. The molecule has 0 saturated heterocycles. The molecular formula is C20H23NO5S. The number of hydrogen-bond acceptors (Lipinski definition) is 5. The molecule has 2 aromatic rings. The van der Waals surface area contributed by atoms with Crippen LogP contribution in [-0.4, -0.2) is 35.1 Å². The standard InChI is InChI=1S/C20H23NO5S/c1-4-11-21-15-7-5-6-8-18(15)27(23,24)19(13-20(21)22)14-9-10-16(25-2)17(12-14)26-3/h5-10,12,19H,4,11,13H2,1-3H3/t19-/m1/s1. The second kappa shape index (κ2) is 7.60. The number of hydrogen-bond donors (Lipinski definition) is 0. The summed E-state index contributed by atoms with van der Waals surface area (Å²) in [5.74, 6) is 0.734. The van der Waals surface area contributed by atoms with Crippen molar-refractivity contribution in [1.82, 2.24) is 0 Å². The SMILES string of the molecule is CCCN1C(=O)C[C@H](c2ccc(OC)c(OC)c2)S(=O)(=O)c2ccccc21. The normalized spacial score (nSPS) is 18.6. The van der Waals surface area contributed by atoms with Gasteiger partial charge in [0, 0.05) is 13.0 Å². The number of rotatable bonds is 5. The van der Waals surface area contributed by atoms with Gasteiger partial charge in [-0.2, -0.15) is 0 Å². The minimum atomic E-state index is -3.76. The molecule has 1 aliphatic rings. The smallest absolute Gasteiger partial charge is 0.228 e. The highest BCUT2D eigenvalue weighted by Crippen LogP contribution is 2.42. The number of amides is 1. The van der Waals surface area contributed by atoms with Gasteiger partial charge >= 0.3 is 0 Å². The number of carbonyl (C=O) groups is 1. The lowest BCUT2D eigenvalue weighted by atomic mass is 10.1. The number of fused-ring (bicyclic) bond motifs is 1. The van der Waals surface area contributed by atoms with Crippen LogP contribution in [0.15, 0.2) is 47.4 Å². The first-order chi connectivity index (χ1) is 12.9. The van der Waals surface area contributed by atoms with Gasteiger partial charge in [0.25, 0.3) is 0 Å². The molecule has 1 aliphatic heterocycles.